The maximum Gasteiger partial charge on any atom is 0.168 e. The van der Waals surface area contributed by atoms with Crippen molar-refractivity contribution in [3.63, 3.8) is 0 Å². The Balaban J connectivity index is 0.000000562. The SMILES string of the molecule is Cl.Cl.Nc1ccc2c(c1)SC1=NCCN12. The number of halogens is 2. The minimum Gasteiger partial charge on any atom is -0.399 e. The van der Waals surface area contributed by atoms with E-state index in [1.54, 1.807) is 11.8 Å². The third-order valence-corrected chi connectivity index (χ3v) is 3.36. The third-order valence-electron chi connectivity index (χ3n) is 2.28. The summed E-state index contributed by atoms with van der Waals surface area (Å²) in [6, 6.07) is 6.03. The minimum atomic E-state index is 0. The second kappa shape index (κ2) is 4.51. The number of nitrogens with two attached hydrogens (primary N) is 1. The normalized spacial score (nSPS) is 16.0. The van der Waals surface area contributed by atoms with Crippen molar-refractivity contribution in [3.05, 3.63) is 18.2 Å². The smallest absolute Gasteiger partial charge is 0.168 e. The molecule has 0 saturated carbocycles. The predicted molar refractivity (Wildman–Crippen MR) is 70.9 cm³/mol. The number of rotatable bonds is 0. The van der Waals surface area contributed by atoms with Crippen LogP contribution in [0.4, 0.5) is 11.4 Å². The van der Waals surface area contributed by atoms with Gasteiger partial charge in [-0.25, -0.2) is 0 Å². The van der Waals surface area contributed by atoms with E-state index in [1.165, 1.54) is 10.6 Å². The summed E-state index contributed by atoms with van der Waals surface area (Å²) in [6.07, 6.45) is 0. The molecule has 6 heteroatoms. The first kappa shape index (κ1) is 12.5. The quantitative estimate of drug-likeness (QED) is 0.731. The fourth-order valence-electron chi connectivity index (χ4n) is 1.67. The zero-order chi connectivity index (χ0) is 8.84. The molecule has 3 nitrogen and oxygen atoms in total. The first-order valence-corrected chi connectivity index (χ1v) is 5.05. The van der Waals surface area contributed by atoms with Crippen LogP contribution in [0.5, 0.6) is 0 Å². The first-order chi connectivity index (χ1) is 6.34. The number of thioether (sulfide) groups is 1. The number of nitrogens with zero attached hydrogens (tertiary/aromatic N) is 2. The van der Waals surface area contributed by atoms with Crippen LogP contribution in [0.15, 0.2) is 28.1 Å². The highest BCUT2D eigenvalue weighted by Gasteiger charge is 2.29. The van der Waals surface area contributed by atoms with Crippen molar-refractivity contribution in [2.45, 2.75) is 4.90 Å². The van der Waals surface area contributed by atoms with Gasteiger partial charge in [-0.05, 0) is 30.0 Å². The van der Waals surface area contributed by atoms with Gasteiger partial charge in [-0.2, -0.15) is 0 Å². The zero-order valence-corrected chi connectivity index (χ0v) is 10.3. The summed E-state index contributed by atoms with van der Waals surface area (Å²) in [4.78, 5) is 7.89. The molecule has 82 valence electrons. The van der Waals surface area contributed by atoms with Gasteiger partial charge in [0.2, 0.25) is 0 Å². The van der Waals surface area contributed by atoms with Crippen molar-refractivity contribution in [2.75, 3.05) is 23.7 Å². The molecule has 0 aliphatic carbocycles. The molecule has 0 spiro atoms. The Bertz CT molecular complexity index is 408. The number of anilines is 2. The van der Waals surface area contributed by atoms with Crippen LogP contribution in [0, 0.1) is 0 Å². The van der Waals surface area contributed by atoms with E-state index < -0.39 is 0 Å². The Labute approximate surface area is 105 Å². The van der Waals surface area contributed by atoms with Crippen LogP contribution >= 0.6 is 36.6 Å². The molecule has 1 aromatic carbocycles. The van der Waals surface area contributed by atoms with Crippen LogP contribution in [0.25, 0.3) is 0 Å². The molecule has 2 N–H and O–H groups in total. The molecule has 0 amide bonds. The van der Waals surface area contributed by atoms with E-state index in [9.17, 15) is 0 Å². The summed E-state index contributed by atoms with van der Waals surface area (Å²) < 4.78 is 0. The molecule has 2 aliphatic heterocycles. The topological polar surface area (TPSA) is 41.6 Å². The van der Waals surface area contributed by atoms with Crippen molar-refractivity contribution < 1.29 is 0 Å². The van der Waals surface area contributed by atoms with E-state index in [2.05, 4.69) is 16.0 Å². The Kier molecular flexibility index (Phi) is 3.76. The van der Waals surface area contributed by atoms with Crippen molar-refractivity contribution in [2.24, 2.45) is 4.99 Å². The Morgan fingerprint density at radius 1 is 1.33 bits per heavy atom. The lowest BCUT2D eigenvalue weighted by molar-refractivity contribution is 1.02. The maximum atomic E-state index is 5.71. The molecular formula is C9H11Cl2N3S. The Morgan fingerprint density at radius 2 is 2.13 bits per heavy atom. The highest BCUT2D eigenvalue weighted by molar-refractivity contribution is 8.14. The van der Waals surface area contributed by atoms with E-state index in [4.69, 9.17) is 5.73 Å². The second-order valence-corrected chi connectivity index (χ2v) is 4.15. The number of benzene rings is 1. The summed E-state index contributed by atoms with van der Waals surface area (Å²) in [5, 5.41) is 1.13. The molecule has 0 bridgehead atoms. The lowest BCUT2D eigenvalue weighted by Gasteiger charge is -2.11. The monoisotopic (exact) mass is 263 g/mol. The molecule has 3 rings (SSSR count). The number of hydrogen-bond acceptors (Lipinski definition) is 4. The summed E-state index contributed by atoms with van der Waals surface area (Å²) in [7, 11) is 0. The molecule has 0 fully saturated rings. The molecule has 1 aromatic rings. The van der Waals surface area contributed by atoms with Gasteiger partial charge in [0.05, 0.1) is 12.2 Å². The second-order valence-electron chi connectivity index (χ2n) is 3.15. The molecule has 0 aromatic heterocycles. The minimum absolute atomic E-state index is 0. The molecule has 2 heterocycles. The lowest BCUT2D eigenvalue weighted by atomic mass is 10.2. The van der Waals surface area contributed by atoms with Crippen LogP contribution in [-0.2, 0) is 0 Å². The molecule has 0 saturated heterocycles. The van der Waals surface area contributed by atoms with Gasteiger partial charge in [-0.3, -0.25) is 4.99 Å². The summed E-state index contributed by atoms with van der Waals surface area (Å²) in [5.74, 6) is 0. The summed E-state index contributed by atoms with van der Waals surface area (Å²) >= 11 is 1.72. The number of fused-ring (bicyclic) bond motifs is 3. The summed E-state index contributed by atoms with van der Waals surface area (Å²) in [6.45, 7) is 1.94. The van der Waals surface area contributed by atoms with E-state index in [0.717, 1.165) is 23.9 Å². The van der Waals surface area contributed by atoms with E-state index in [1.807, 2.05) is 12.1 Å². The molecular weight excluding hydrogens is 253 g/mol. The van der Waals surface area contributed by atoms with Gasteiger partial charge in [-0.15, -0.1) is 24.8 Å². The van der Waals surface area contributed by atoms with Gasteiger partial charge < -0.3 is 10.6 Å². The maximum absolute atomic E-state index is 5.71. The first-order valence-electron chi connectivity index (χ1n) is 4.24. The predicted octanol–water partition coefficient (Wildman–Crippen LogP) is 2.39. The molecule has 2 aliphatic rings. The average molecular weight is 264 g/mol. The number of nitrogen functional groups attached to an aromatic ring is 1. The molecule has 15 heavy (non-hydrogen) atoms. The van der Waals surface area contributed by atoms with E-state index >= 15 is 0 Å². The van der Waals surface area contributed by atoms with Crippen molar-refractivity contribution in [1.29, 1.82) is 0 Å². The van der Waals surface area contributed by atoms with Crippen LogP contribution in [0.1, 0.15) is 0 Å². The fourth-order valence-corrected chi connectivity index (χ4v) is 2.80. The lowest BCUT2D eigenvalue weighted by Crippen LogP contribution is -2.20. The van der Waals surface area contributed by atoms with Crippen molar-refractivity contribution >= 4 is 53.1 Å². The third kappa shape index (κ3) is 1.89. The summed E-state index contributed by atoms with van der Waals surface area (Å²) in [5.41, 5.74) is 7.80. The van der Waals surface area contributed by atoms with E-state index in [-0.39, 0.29) is 24.8 Å². The Morgan fingerprint density at radius 3 is 2.93 bits per heavy atom. The van der Waals surface area contributed by atoms with Crippen LogP contribution < -0.4 is 10.6 Å². The number of amidine groups is 1. The van der Waals surface area contributed by atoms with Gasteiger partial charge in [0, 0.05) is 17.1 Å². The van der Waals surface area contributed by atoms with Gasteiger partial charge in [-0.1, -0.05) is 0 Å². The van der Waals surface area contributed by atoms with Gasteiger partial charge >= 0.3 is 0 Å². The molecule has 0 unspecified atom stereocenters. The van der Waals surface area contributed by atoms with Crippen LogP contribution in [0.3, 0.4) is 0 Å². The molecule has 0 radical (unpaired) electrons. The van der Waals surface area contributed by atoms with Crippen LogP contribution in [-0.4, -0.2) is 18.3 Å². The van der Waals surface area contributed by atoms with Crippen LogP contribution in [0.2, 0.25) is 0 Å². The van der Waals surface area contributed by atoms with Gasteiger partial charge in [0.25, 0.3) is 0 Å². The van der Waals surface area contributed by atoms with Gasteiger partial charge in [0.1, 0.15) is 0 Å². The largest absolute Gasteiger partial charge is 0.399 e. The number of hydrogen-bond donors (Lipinski definition) is 1. The standard InChI is InChI=1S/C9H9N3S.2ClH/c10-6-1-2-7-8(5-6)13-9-11-3-4-12(7)9;;/h1-2,5H,3-4,10H2;2*1H. The Hall–Kier alpha value is -0.580. The van der Waals surface area contributed by atoms with Crippen molar-refractivity contribution in [3.8, 4) is 0 Å². The fraction of sp³-hybridized carbons (Fsp3) is 0.222. The van der Waals surface area contributed by atoms with E-state index in [0.29, 0.717) is 0 Å². The highest BCUT2D eigenvalue weighted by atomic mass is 35.5. The van der Waals surface area contributed by atoms with Crippen molar-refractivity contribution in [1.82, 2.24) is 0 Å². The zero-order valence-electron chi connectivity index (χ0n) is 7.84. The van der Waals surface area contributed by atoms with Gasteiger partial charge in [0.15, 0.2) is 5.17 Å². The molecule has 0 atom stereocenters. The average Bonchev–Trinajstić information content (AvgIpc) is 2.62. The highest BCUT2D eigenvalue weighted by Crippen LogP contribution is 2.42. The number of aliphatic imine (C=N–C) groups is 1.